The van der Waals surface area contributed by atoms with Gasteiger partial charge in [-0.2, -0.15) is 0 Å². The maximum absolute atomic E-state index is 13.1. The first kappa shape index (κ1) is 38.0. The summed E-state index contributed by atoms with van der Waals surface area (Å²) in [4.78, 5) is 62.6. The number of hydrogen-bond donors (Lipinski definition) is 2. The van der Waals surface area contributed by atoms with Crippen molar-refractivity contribution in [2.24, 2.45) is 29.6 Å². The predicted molar refractivity (Wildman–Crippen MR) is 158 cm³/mol. The molecule has 0 aromatic rings. The van der Waals surface area contributed by atoms with Crippen LogP contribution in [-0.2, 0) is 52.4 Å². The monoisotopic (exact) mass is 642 g/mol. The smallest absolute Gasteiger partial charge is 0.348 e. The molecule has 6 atom stereocenters. The van der Waals surface area contributed by atoms with E-state index < -0.39 is 91.0 Å². The highest BCUT2D eigenvalue weighted by Crippen LogP contribution is 2.53. The van der Waals surface area contributed by atoms with Gasteiger partial charge >= 0.3 is 29.8 Å². The predicted octanol–water partition coefficient (Wildman–Crippen LogP) is 2.98. The first-order valence-corrected chi connectivity index (χ1v) is 15.5. The zero-order valence-corrected chi connectivity index (χ0v) is 27.8. The maximum Gasteiger partial charge on any atom is 0.348 e. The van der Waals surface area contributed by atoms with E-state index in [2.05, 4.69) is 0 Å². The van der Waals surface area contributed by atoms with Gasteiger partial charge in [-0.05, 0) is 17.8 Å². The molecule has 0 spiro atoms. The van der Waals surface area contributed by atoms with Gasteiger partial charge in [-0.3, -0.25) is 19.2 Å². The fraction of sp³-hybridized carbons (Fsp3) is 0.781. The molecule has 1 heterocycles. The summed E-state index contributed by atoms with van der Waals surface area (Å²) in [6.07, 6.45) is -3.49. The summed E-state index contributed by atoms with van der Waals surface area (Å²) in [7, 11) is 0. The fourth-order valence-electron chi connectivity index (χ4n) is 5.41. The summed E-state index contributed by atoms with van der Waals surface area (Å²) < 4.78 is 32.9. The number of fused-ring (bicyclic) bond motifs is 1. The first-order chi connectivity index (χ1) is 20.8. The molecule has 0 amide bonds. The lowest BCUT2D eigenvalue weighted by molar-refractivity contribution is -0.241. The number of rotatable bonds is 15. The highest BCUT2D eigenvalue weighted by molar-refractivity contribution is 5.80. The molecule has 256 valence electrons. The molecule has 13 nitrogen and oxygen atoms in total. The summed E-state index contributed by atoms with van der Waals surface area (Å²) in [6, 6.07) is 0. The van der Waals surface area contributed by atoms with E-state index in [4.69, 9.17) is 28.4 Å². The van der Waals surface area contributed by atoms with E-state index >= 15 is 0 Å². The third-order valence-electron chi connectivity index (χ3n) is 7.49. The van der Waals surface area contributed by atoms with Gasteiger partial charge in [-0.1, -0.05) is 55.4 Å². The van der Waals surface area contributed by atoms with Crippen molar-refractivity contribution in [2.75, 3.05) is 13.2 Å². The summed E-state index contributed by atoms with van der Waals surface area (Å²) in [5.41, 5.74) is -4.45. The molecular weight excluding hydrogens is 592 g/mol. The third-order valence-corrected chi connectivity index (χ3v) is 7.49. The largest absolute Gasteiger partial charge is 0.462 e. The molecule has 1 fully saturated rings. The number of aliphatic hydroxyl groups is 2. The quantitative estimate of drug-likeness (QED) is 0.197. The fourth-order valence-corrected chi connectivity index (χ4v) is 5.41. The molecule has 13 heteroatoms. The minimum absolute atomic E-state index is 0.000486. The number of esters is 5. The van der Waals surface area contributed by atoms with Crippen molar-refractivity contribution in [1.29, 1.82) is 0 Å². The van der Waals surface area contributed by atoms with Crippen LogP contribution in [0.25, 0.3) is 0 Å². The van der Waals surface area contributed by atoms with Crippen molar-refractivity contribution in [2.45, 2.75) is 118 Å². The summed E-state index contributed by atoms with van der Waals surface area (Å²) in [6.45, 7) is 14.1. The van der Waals surface area contributed by atoms with Gasteiger partial charge in [-0.25, -0.2) is 4.79 Å². The molecule has 5 unspecified atom stereocenters. The molecular formula is C32H50O13. The lowest BCUT2D eigenvalue weighted by atomic mass is 9.77. The van der Waals surface area contributed by atoms with Crippen LogP contribution in [0.4, 0.5) is 0 Å². The Morgan fingerprint density at radius 1 is 0.844 bits per heavy atom. The summed E-state index contributed by atoms with van der Waals surface area (Å²) in [5, 5.41) is 24.2. The Balaban J connectivity index is 2.45. The van der Waals surface area contributed by atoms with E-state index in [1.165, 1.54) is 0 Å². The van der Waals surface area contributed by atoms with Gasteiger partial charge in [0.25, 0.3) is 6.29 Å². The van der Waals surface area contributed by atoms with Crippen LogP contribution in [0.1, 0.15) is 88.0 Å². The number of carbonyl (C=O) groups excluding carboxylic acids is 5. The minimum atomic E-state index is -2.29. The van der Waals surface area contributed by atoms with Crippen LogP contribution >= 0.6 is 0 Å². The lowest BCUT2D eigenvalue weighted by Gasteiger charge is -2.44. The van der Waals surface area contributed by atoms with Gasteiger partial charge < -0.3 is 38.6 Å². The van der Waals surface area contributed by atoms with Crippen molar-refractivity contribution in [3.05, 3.63) is 11.8 Å². The molecule has 0 bridgehead atoms. The number of hydrogen-bond acceptors (Lipinski definition) is 13. The van der Waals surface area contributed by atoms with Crippen LogP contribution in [0.5, 0.6) is 0 Å². The van der Waals surface area contributed by atoms with Crippen molar-refractivity contribution < 1.29 is 62.6 Å². The van der Waals surface area contributed by atoms with Gasteiger partial charge in [0.1, 0.15) is 36.4 Å². The average Bonchev–Trinajstić information content (AvgIpc) is 3.10. The Bertz CT molecular complexity index is 1110. The van der Waals surface area contributed by atoms with Crippen LogP contribution in [0.2, 0.25) is 0 Å². The summed E-state index contributed by atoms with van der Waals surface area (Å²) in [5.74, 6) is -5.65. The summed E-state index contributed by atoms with van der Waals surface area (Å²) >= 11 is 0. The zero-order valence-electron chi connectivity index (χ0n) is 27.8. The van der Waals surface area contributed by atoms with Crippen LogP contribution in [0.3, 0.4) is 0 Å². The molecule has 45 heavy (non-hydrogen) atoms. The average molecular weight is 643 g/mol. The van der Waals surface area contributed by atoms with Gasteiger partial charge in [-0.15, -0.1) is 0 Å². The van der Waals surface area contributed by atoms with Gasteiger partial charge in [0.15, 0.2) is 0 Å². The van der Waals surface area contributed by atoms with Crippen LogP contribution in [0, 0.1) is 29.6 Å². The molecule has 0 aromatic heterocycles. The van der Waals surface area contributed by atoms with E-state index in [0.29, 0.717) is 0 Å². The van der Waals surface area contributed by atoms with E-state index in [0.717, 1.165) is 13.2 Å². The van der Waals surface area contributed by atoms with Gasteiger partial charge in [0.05, 0.1) is 6.26 Å². The van der Waals surface area contributed by atoms with E-state index in [1.54, 1.807) is 41.5 Å². The second-order valence-electron chi connectivity index (χ2n) is 13.5. The molecule has 1 saturated carbocycles. The Morgan fingerprint density at radius 3 is 1.93 bits per heavy atom. The molecule has 1 aliphatic carbocycles. The molecule has 0 radical (unpaired) electrons. The SMILES string of the molecule is CC(=O)OC1CC2(O)C(COC(=O)C(OC(=O)CC(C)C)C(C)C)=COC(OC(=O)CC(C)C)C2[C@@]1(O)COC(=O)CC(C)C. The van der Waals surface area contributed by atoms with E-state index in [1.807, 2.05) is 13.8 Å². The topological polar surface area (TPSA) is 181 Å². The third kappa shape index (κ3) is 10.2. The van der Waals surface area contributed by atoms with Crippen molar-refractivity contribution in [3.8, 4) is 0 Å². The van der Waals surface area contributed by atoms with Gasteiger partial charge in [0, 0.05) is 44.1 Å². The minimum Gasteiger partial charge on any atom is -0.462 e. The van der Waals surface area contributed by atoms with Crippen molar-refractivity contribution in [1.82, 2.24) is 0 Å². The van der Waals surface area contributed by atoms with Gasteiger partial charge in [0.2, 0.25) is 6.10 Å². The molecule has 2 N–H and O–H groups in total. The van der Waals surface area contributed by atoms with Crippen molar-refractivity contribution >= 4 is 29.8 Å². The lowest BCUT2D eigenvalue weighted by Crippen LogP contribution is -2.59. The highest BCUT2D eigenvalue weighted by atomic mass is 16.7. The second-order valence-corrected chi connectivity index (χ2v) is 13.5. The molecule has 2 rings (SSSR count). The Hall–Kier alpha value is -3.19. The van der Waals surface area contributed by atoms with Crippen LogP contribution in [0.15, 0.2) is 11.8 Å². The van der Waals surface area contributed by atoms with E-state index in [9.17, 15) is 34.2 Å². The van der Waals surface area contributed by atoms with Crippen molar-refractivity contribution in [3.63, 3.8) is 0 Å². The Labute approximate surface area is 264 Å². The second kappa shape index (κ2) is 15.9. The Morgan fingerprint density at radius 2 is 1.40 bits per heavy atom. The zero-order chi connectivity index (χ0) is 34.3. The normalized spacial score (nSPS) is 26.6. The Kier molecular flexibility index (Phi) is 13.4. The first-order valence-electron chi connectivity index (χ1n) is 15.5. The molecule has 2 aliphatic rings. The molecule has 0 aromatic carbocycles. The standard InChI is InChI=1S/C32H50O13/c1-17(2)10-24(34)42-16-32(39)23(43-21(9)33)13-31(38)22(15-41-30(28(31)32)45-26(36)12-19(5)6)14-40-29(37)27(20(7)8)44-25(35)11-18(3)4/h15,17-20,23,27-28,30,38-39H,10-14,16H2,1-9H3/t23?,27?,28?,30?,31?,32-/m1/s1. The molecule has 0 saturated heterocycles. The molecule has 1 aliphatic heterocycles. The van der Waals surface area contributed by atoms with Crippen LogP contribution in [-0.4, -0.2) is 83.0 Å². The van der Waals surface area contributed by atoms with E-state index in [-0.39, 0.29) is 42.6 Å². The number of ether oxygens (including phenoxy) is 6. The highest BCUT2D eigenvalue weighted by Gasteiger charge is 2.70. The maximum atomic E-state index is 13.1. The van der Waals surface area contributed by atoms with Crippen LogP contribution < -0.4 is 0 Å². The number of carbonyl (C=O) groups is 5.